The van der Waals surface area contributed by atoms with E-state index in [2.05, 4.69) is 9.97 Å². The summed E-state index contributed by atoms with van der Waals surface area (Å²) in [7, 11) is 0. The molecule has 1 fully saturated rings. The van der Waals surface area contributed by atoms with Gasteiger partial charge >= 0.3 is 0 Å². The van der Waals surface area contributed by atoms with Crippen LogP contribution >= 0.6 is 0 Å². The molecule has 0 bridgehead atoms. The monoisotopic (exact) mass is 186 g/mol. The van der Waals surface area contributed by atoms with E-state index in [0.717, 1.165) is 5.69 Å². The molecule has 1 saturated carbocycles. The first-order valence-corrected chi connectivity index (χ1v) is 4.53. The van der Waals surface area contributed by atoms with Crippen LogP contribution in [0.3, 0.4) is 0 Å². The second-order valence-electron chi connectivity index (χ2n) is 3.64. The highest BCUT2D eigenvalue weighted by Gasteiger charge is 2.35. The Balaban J connectivity index is 1.99. The van der Waals surface area contributed by atoms with Gasteiger partial charge in [0, 0.05) is 30.7 Å². The molecule has 4 heteroatoms. The molecular weight excluding hydrogens is 174 g/mol. The highest BCUT2D eigenvalue weighted by Crippen LogP contribution is 2.39. The van der Waals surface area contributed by atoms with Crippen molar-refractivity contribution in [1.29, 1.82) is 0 Å². The largest absolute Gasteiger partial charge is 0.348 e. The fraction of sp³-hybridized carbons (Fsp3) is 0.667. The Bertz CT molecular complexity index is 259. The molecule has 1 aliphatic carbocycles. The van der Waals surface area contributed by atoms with Gasteiger partial charge in [0.05, 0.1) is 6.33 Å². The van der Waals surface area contributed by atoms with E-state index in [4.69, 9.17) is 0 Å². The molecule has 2 nitrogen and oxygen atoms in total. The Labute approximate surface area is 75.4 Å². The molecule has 0 radical (unpaired) electrons. The summed E-state index contributed by atoms with van der Waals surface area (Å²) in [6.07, 6.45) is 4.48. The van der Waals surface area contributed by atoms with Gasteiger partial charge in [-0.1, -0.05) is 0 Å². The maximum Gasteiger partial charge on any atom is 0.248 e. The van der Waals surface area contributed by atoms with Crippen LogP contribution in [0.1, 0.15) is 37.3 Å². The molecule has 1 aromatic rings. The minimum absolute atomic E-state index is 0.0106. The zero-order valence-corrected chi connectivity index (χ0v) is 7.26. The van der Waals surface area contributed by atoms with Crippen LogP contribution in [0.5, 0.6) is 0 Å². The van der Waals surface area contributed by atoms with E-state index >= 15 is 0 Å². The lowest BCUT2D eigenvalue weighted by molar-refractivity contribution is -0.0384. The molecule has 1 aliphatic rings. The zero-order chi connectivity index (χ0) is 9.31. The Morgan fingerprint density at radius 1 is 1.38 bits per heavy atom. The van der Waals surface area contributed by atoms with Gasteiger partial charge in [0.2, 0.25) is 5.92 Å². The average molecular weight is 186 g/mol. The van der Waals surface area contributed by atoms with Crippen LogP contribution in [-0.4, -0.2) is 15.9 Å². The van der Waals surface area contributed by atoms with Crippen LogP contribution in [0.4, 0.5) is 8.78 Å². The van der Waals surface area contributed by atoms with E-state index in [1.165, 1.54) is 0 Å². The summed E-state index contributed by atoms with van der Waals surface area (Å²) in [4.78, 5) is 6.87. The number of hydrogen-bond acceptors (Lipinski definition) is 1. The van der Waals surface area contributed by atoms with E-state index in [1.54, 1.807) is 12.5 Å². The van der Waals surface area contributed by atoms with Crippen molar-refractivity contribution in [1.82, 2.24) is 9.97 Å². The first-order valence-electron chi connectivity index (χ1n) is 4.53. The molecule has 2 rings (SSSR count). The Hall–Kier alpha value is -0.930. The van der Waals surface area contributed by atoms with Crippen LogP contribution in [0.2, 0.25) is 0 Å². The van der Waals surface area contributed by atoms with Gasteiger partial charge in [0.25, 0.3) is 0 Å². The van der Waals surface area contributed by atoms with E-state index in [0.29, 0.717) is 12.8 Å². The molecule has 0 aliphatic heterocycles. The molecule has 1 N–H and O–H groups in total. The van der Waals surface area contributed by atoms with Gasteiger partial charge in [0.1, 0.15) is 0 Å². The van der Waals surface area contributed by atoms with E-state index in [1.807, 2.05) is 0 Å². The smallest absolute Gasteiger partial charge is 0.248 e. The van der Waals surface area contributed by atoms with Crippen LogP contribution in [0, 0.1) is 0 Å². The summed E-state index contributed by atoms with van der Waals surface area (Å²) in [5.74, 6) is -2.18. The van der Waals surface area contributed by atoms with Crippen LogP contribution in [0.25, 0.3) is 0 Å². The predicted octanol–water partition coefficient (Wildman–Crippen LogP) is 2.70. The zero-order valence-electron chi connectivity index (χ0n) is 7.26. The second kappa shape index (κ2) is 3.09. The molecule has 1 heterocycles. The fourth-order valence-corrected chi connectivity index (χ4v) is 1.84. The number of hydrogen-bond donors (Lipinski definition) is 1. The van der Waals surface area contributed by atoms with Crippen molar-refractivity contribution >= 4 is 0 Å². The lowest BCUT2D eigenvalue weighted by Gasteiger charge is -2.27. The summed E-state index contributed by atoms with van der Waals surface area (Å²) in [5, 5.41) is 0. The van der Waals surface area contributed by atoms with Crippen molar-refractivity contribution < 1.29 is 8.78 Å². The Morgan fingerprint density at radius 2 is 2.08 bits per heavy atom. The van der Waals surface area contributed by atoms with Gasteiger partial charge in [0.15, 0.2) is 0 Å². The number of nitrogens with one attached hydrogen (secondary N) is 1. The maximum atomic E-state index is 12.8. The van der Waals surface area contributed by atoms with Gasteiger partial charge in [-0.2, -0.15) is 0 Å². The molecule has 0 aromatic carbocycles. The molecule has 1 aromatic heterocycles. The number of aromatic amines is 1. The molecule has 0 amide bonds. The van der Waals surface area contributed by atoms with E-state index < -0.39 is 5.92 Å². The number of nitrogens with zero attached hydrogens (tertiary/aromatic N) is 1. The van der Waals surface area contributed by atoms with E-state index in [-0.39, 0.29) is 18.8 Å². The third-order valence-electron chi connectivity index (χ3n) is 2.68. The van der Waals surface area contributed by atoms with Crippen LogP contribution in [0.15, 0.2) is 12.5 Å². The normalized spacial score (nSPS) is 23.2. The number of aromatic nitrogens is 2. The van der Waals surface area contributed by atoms with Crippen molar-refractivity contribution in [3.63, 3.8) is 0 Å². The summed E-state index contributed by atoms with van der Waals surface area (Å²) in [5.41, 5.74) is 0.996. The van der Waals surface area contributed by atoms with Crippen molar-refractivity contribution in [2.24, 2.45) is 0 Å². The van der Waals surface area contributed by atoms with Crippen molar-refractivity contribution in [3.05, 3.63) is 18.2 Å². The Morgan fingerprint density at radius 3 is 2.62 bits per heavy atom. The first kappa shape index (κ1) is 8.66. The topological polar surface area (TPSA) is 28.7 Å². The molecule has 0 atom stereocenters. The third-order valence-corrected chi connectivity index (χ3v) is 2.68. The SMILES string of the molecule is FC1(F)CCC(c2cnc[nH]2)CC1. The van der Waals surface area contributed by atoms with Crippen LogP contribution < -0.4 is 0 Å². The highest BCUT2D eigenvalue weighted by atomic mass is 19.3. The minimum Gasteiger partial charge on any atom is -0.348 e. The van der Waals surface area contributed by atoms with Crippen molar-refractivity contribution in [2.45, 2.75) is 37.5 Å². The van der Waals surface area contributed by atoms with E-state index in [9.17, 15) is 8.78 Å². The molecule has 13 heavy (non-hydrogen) atoms. The lowest BCUT2D eigenvalue weighted by atomic mass is 9.85. The molecule has 72 valence electrons. The standard InChI is InChI=1S/C9H12F2N2/c10-9(11)3-1-7(2-4-9)8-5-12-6-13-8/h5-7H,1-4H2,(H,12,13). The maximum absolute atomic E-state index is 12.8. The number of rotatable bonds is 1. The summed E-state index contributed by atoms with van der Waals surface area (Å²) in [6.45, 7) is 0. The molecule has 0 unspecified atom stereocenters. The molecule has 0 spiro atoms. The fourth-order valence-electron chi connectivity index (χ4n) is 1.84. The van der Waals surface area contributed by atoms with Gasteiger partial charge in [-0.05, 0) is 12.8 Å². The number of alkyl halides is 2. The molecular formula is C9H12F2N2. The van der Waals surface area contributed by atoms with Crippen LogP contribution in [-0.2, 0) is 0 Å². The van der Waals surface area contributed by atoms with Gasteiger partial charge in [-0.3, -0.25) is 0 Å². The summed E-state index contributed by atoms with van der Waals surface area (Å²) >= 11 is 0. The van der Waals surface area contributed by atoms with Gasteiger partial charge in [-0.25, -0.2) is 13.8 Å². The summed E-state index contributed by atoms with van der Waals surface area (Å²) < 4.78 is 25.6. The van der Waals surface area contributed by atoms with Gasteiger partial charge in [-0.15, -0.1) is 0 Å². The third kappa shape index (κ3) is 1.87. The number of imidazole rings is 1. The Kier molecular flexibility index (Phi) is 2.06. The van der Waals surface area contributed by atoms with Crippen molar-refractivity contribution in [3.8, 4) is 0 Å². The minimum atomic E-state index is -2.43. The predicted molar refractivity (Wildman–Crippen MR) is 44.7 cm³/mol. The number of H-pyrrole nitrogens is 1. The average Bonchev–Trinajstić information content (AvgIpc) is 2.56. The second-order valence-corrected chi connectivity index (χ2v) is 3.64. The summed E-state index contributed by atoms with van der Waals surface area (Å²) in [6, 6.07) is 0. The first-order chi connectivity index (χ1) is 6.17. The quantitative estimate of drug-likeness (QED) is 0.717. The highest BCUT2D eigenvalue weighted by molar-refractivity contribution is 5.05. The van der Waals surface area contributed by atoms with Crippen molar-refractivity contribution in [2.75, 3.05) is 0 Å². The number of halogens is 2. The van der Waals surface area contributed by atoms with Gasteiger partial charge < -0.3 is 4.98 Å². The lowest BCUT2D eigenvalue weighted by Crippen LogP contribution is -2.23. The molecule has 0 saturated heterocycles.